The van der Waals surface area contributed by atoms with E-state index < -0.39 is 0 Å². The molecule has 0 unspecified atom stereocenters. The first-order valence-corrected chi connectivity index (χ1v) is 4.48. The molecule has 2 rings (SSSR count). The topological polar surface area (TPSA) is 26.3 Å². The number of ether oxygens (including phenoxy) is 1. The first-order chi connectivity index (χ1) is 6.29. The molecule has 2 nitrogen and oxygen atoms in total. The van der Waals surface area contributed by atoms with Crippen molar-refractivity contribution >= 4 is 5.78 Å². The van der Waals surface area contributed by atoms with Gasteiger partial charge in [0, 0.05) is 5.92 Å². The highest BCUT2D eigenvalue weighted by atomic mass is 16.5. The van der Waals surface area contributed by atoms with Gasteiger partial charge < -0.3 is 4.74 Å². The Balaban J connectivity index is 2.24. The van der Waals surface area contributed by atoms with Gasteiger partial charge in [0.05, 0.1) is 6.10 Å². The molecule has 0 N–H and O–H groups in total. The Morgan fingerprint density at radius 2 is 2.00 bits per heavy atom. The van der Waals surface area contributed by atoms with Crippen molar-refractivity contribution in [2.24, 2.45) is 5.92 Å². The number of hydrogen-bond donors (Lipinski definition) is 0. The second kappa shape index (κ2) is 3.30. The molecule has 0 radical (unpaired) electrons. The molecule has 0 aromatic heterocycles. The Kier molecular flexibility index (Phi) is 2.15. The largest absolute Gasteiger partial charge is 0.365 e. The monoisotopic (exact) mass is 176 g/mol. The molecule has 1 aromatic carbocycles. The van der Waals surface area contributed by atoms with Crippen molar-refractivity contribution < 1.29 is 9.53 Å². The molecule has 0 aliphatic carbocycles. The molecule has 68 valence electrons. The van der Waals surface area contributed by atoms with Crippen LogP contribution in [0.2, 0.25) is 0 Å². The maximum absolute atomic E-state index is 11.2. The van der Waals surface area contributed by atoms with Crippen molar-refractivity contribution in [1.29, 1.82) is 0 Å². The van der Waals surface area contributed by atoms with Crippen LogP contribution in [0.3, 0.4) is 0 Å². The molecule has 2 atom stereocenters. The fraction of sp³-hybridized carbons (Fsp3) is 0.364. The molecule has 1 fully saturated rings. The maximum Gasteiger partial charge on any atom is 0.164 e. The molecule has 1 saturated heterocycles. The Bertz CT molecular complexity index is 305. The van der Waals surface area contributed by atoms with E-state index in [9.17, 15) is 4.79 Å². The average molecular weight is 176 g/mol. The van der Waals surface area contributed by atoms with Crippen LogP contribution in [0, 0.1) is 5.92 Å². The van der Waals surface area contributed by atoms with E-state index in [2.05, 4.69) is 0 Å². The van der Waals surface area contributed by atoms with Crippen LogP contribution in [0.25, 0.3) is 0 Å². The third-order valence-corrected chi connectivity index (χ3v) is 2.50. The van der Waals surface area contributed by atoms with Crippen LogP contribution in [-0.2, 0) is 9.53 Å². The summed E-state index contributed by atoms with van der Waals surface area (Å²) < 4.78 is 5.41. The van der Waals surface area contributed by atoms with Gasteiger partial charge in [0.15, 0.2) is 5.78 Å². The summed E-state index contributed by atoms with van der Waals surface area (Å²) in [4.78, 5) is 11.2. The highest BCUT2D eigenvalue weighted by Gasteiger charge is 2.32. The van der Waals surface area contributed by atoms with Crippen LogP contribution in [0.5, 0.6) is 0 Å². The van der Waals surface area contributed by atoms with Crippen molar-refractivity contribution in [3.05, 3.63) is 35.9 Å². The predicted octanol–water partition coefficient (Wildman–Crippen LogP) is 1.96. The summed E-state index contributed by atoms with van der Waals surface area (Å²) >= 11 is 0. The SMILES string of the molecule is C[C@@H]1C(=O)CO[C@H]1c1ccccc1. The Hall–Kier alpha value is -1.15. The Morgan fingerprint density at radius 1 is 1.31 bits per heavy atom. The number of rotatable bonds is 1. The van der Waals surface area contributed by atoms with Gasteiger partial charge in [-0.15, -0.1) is 0 Å². The van der Waals surface area contributed by atoms with Crippen molar-refractivity contribution in [3.63, 3.8) is 0 Å². The number of ketones is 1. The van der Waals surface area contributed by atoms with Crippen molar-refractivity contribution in [1.82, 2.24) is 0 Å². The molecule has 0 amide bonds. The first kappa shape index (κ1) is 8.45. The van der Waals surface area contributed by atoms with E-state index >= 15 is 0 Å². The minimum absolute atomic E-state index is 0.00222. The van der Waals surface area contributed by atoms with Gasteiger partial charge in [0.25, 0.3) is 0 Å². The van der Waals surface area contributed by atoms with Crippen LogP contribution >= 0.6 is 0 Å². The van der Waals surface area contributed by atoms with Gasteiger partial charge in [-0.2, -0.15) is 0 Å². The normalized spacial score (nSPS) is 27.9. The molecule has 0 saturated carbocycles. The maximum atomic E-state index is 11.2. The van der Waals surface area contributed by atoms with E-state index in [1.807, 2.05) is 37.3 Å². The molecular formula is C11H12O2. The smallest absolute Gasteiger partial charge is 0.164 e. The highest BCUT2D eigenvalue weighted by molar-refractivity contribution is 5.84. The lowest BCUT2D eigenvalue weighted by Crippen LogP contribution is -2.09. The predicted molar refractivity (Wildman–Crippen MR) is 49.3 cm³/mol. The van der Waals surface area contributed by atoms with Gasteiger partial charge in [-0.25, -0.2) is 0 Å². The van der Waals surface area contributed by atoms with E-state index in [0.717, 1.165) is 5.56 Å². The van der Waals surface area contributed by atoms with Crippen molar-refractivity contribution in [2.75, 3.05) is 6.61 Å². The molecule has 1 heterocycles. The number of carbonyl (C=O) groups excluding carboxylic acids is 1. The highest BCUT2D eigenvalue weighted by Crippen LogP contribution is 2.31. The van der Waals surface area contributed by atoms with Gasteiger partial charge in [-0.05, 0) is 5.56 Å². The second-order valence-corrected chi connectivity index (χ2v) is 3.40. The van der Waals surface area contributed by atoms with E-state index in [1.54, 1.807) is 0 Å². The second-order valence-electron chi connectivity index (χ2n) is 3.40. The first-order valence-electron chi connectivity index (χ1n) is 4.48. The molecule has 2 heteroatoms. The Morgan fingerprint density at radius 3 is 2.54 bits per heavy atom. The van der Waals surface area contributed by atoms with Crippen LogP contribution < -0.4 is 0 Å². The summed E-state index contributed by atoms with van der Waals surface area (Å²) in [5, 5.41) is 0. The van der Waals surface area contributed by atoms with Gasteiger partial charge in [-0.1, -0.05) is 37.3 Å². The lowest BCUT2D eigenvalue weighted by Gasteiger charge is -2.12. The molecule has 13 heavy (non-hydrogen) atoms. The fourth-order valence-corrected chi connectivity index (χ4v) is 1.64. The third kappa shape index (κ3) is 1.49. The van der Waals surface area contributed by atoms with Crippen molar-refractivity contribution in [3.8, 4) is 0 Å². The van der Waals surface area contributed by atoms with Crippen LogP contribution in [0.4, 0.5) is 0 Å². The van der Waals surface area contributed by atoms with Gasteiger partial charge in [0.2, 0.25) is 0 Å². The minimum atomic E-state index is -0.0336. The van der Waals surface area contributed by atoms with Crippen LogP contribution in [0.1, 0.15) is 18.6 Å². The third-order valence-electron chi connectivity index (χ3n) is 2.50. The lowest BCUT2D eigenvalue weighted by atomic mass is 9.97. The summed E-state index contributed by atoms with van der Waals surface area (Å²) in [5.41, 5.74) is 1.10. The molecule has 1 aliphatic heterocycles. The zero-order chi connectivity index (χ0) is 9.26. The lowest BCUT2D eigenvalue weighted by molar-refractivity contribution is -0.120. The minimum Gasteiger partial charge on any atom is -0.365 e. The Labute approximate surface area is 77.5 Å². The molecule has 1 aliphatic rings. The van der Waals surface area contributed by atoms with Crippen LogP contribution in [-0.4, -0.2) is 12.4 Å². The van der Waals surface area contributed by atoms with Gasteiger partial charge in [-0.3, -0.25) is 4.79 Å². The molecule has 0 spiro atoms. The summed E-state index contributed by atoms with van der Waals surface area (Å²) in [7, 11) is 0. The number of Topliss-reactive ketones (excluding diaryl/α,β-unsaturated/α-hetero) is 1. The summed E-state index contributed by atoms with van der Waals surface area (Å²) in [6.45, 7) is 2.19. The average Bonchev–Trinajstić information content (AvgIpc) is 2.49. The molecular weight excluding hydrogens is 164 g/mol. The summed E-state index contributed by atoms with van der Waals surface area (Å²) in [6.07, 6.45) is -0.0336. The van der Waals surface area contributed by atoms with E-state index in [4.69, 9.17) is 4.74 Å². The fourth-order valence-electron chi connectivity index (χ4n) is 1.64. The van der Waals surface area contributed by atoms with E-state index in [0.29, 0.717) is 0 Å². The van der Waals surface area contributed by atoms with E-state index in [1.165, 1.54) is 0 Å². The van der Waals surface area contributed by atoms with Crippen molar-refractivity contribution in [2.45, 2.75) is 13.0 Å². The number of hydrogen-bond acceptors (Lipinski definition) is 2. The van der Waals surface area contributed by atoms with Gasteiger partial charge >= 0.3 is 0 Å². The summed E-state index contributed by atoms with van der Waals surface area (Å²) in [5.74, 6) is 0.205. The molecule has 0 bridgehead atoms. The standard InChI is InChI=1S/C11H12O2/c1-8-10(12)7-13-11(8)9-5-3-2-4-6-9/h2-6,8,11H,7H2,1H3/t8-,11-/m1/s1. The van der Waals surface area contributed by atoms with Crippen LogP contribution in [0.15, 0.2) is 30.3 Å². The quantitative estimate of drug-likeness (QED) is 0.653. The molecule has 1 aromatic rings. The van der Waals surface area contributed by atoms with Gasteiger partial charge in [0.1, 0.15) is 6.61 Å². The number of carbonyl (C=O) groups is 1. The zero-order valence-electron chi connectivity index (χ0n) is 7.57. The zero-order valence-corrected chi connectivity index (χ0v) is 7.57. The summed E-state index contributed by atoms with van der Waals surface area (Å²) in [6, 6.07) is 9.90. The van der Waals surface area contributed by atoms with E-state index in [-0.39, 0.29) is 24.4 Å². The number of benzene rings is 1.